The minimum Gasteiger partial charge on any atom is -0.368 e. The van der Waals surface area contributed by atoms with E-state index in [-0.39, 0.29) is 6.03 Å². The van der Waals surface area contributed by atoms with Crippen LogP contribution < -0.4 is 11.1 Å². The minimum atomic E-state index is -0.491. The van der Waals surface area contributed by atoms with Crippen molar-refractivity contribution in [1.29, 1.82) is 5.26 Å². The molecule has 1 aliphatic rings. The number of hydrogen-bond acceptors (Lipinski definition) is 4. The first-order chi connectivity index (χ1) is 13.1. The maximum atomic E-state index is 12.4. The Hall–Kier alpha value is -3.37. The number of nitrogens with zero attached hydrogens (tertiary/aromatic N) is 3. The van der Waals surface area contributed by atoms with E-state index in [1.807, 2.05) is 41.3 Å². The van der Waals surface area contributed by atoms with Gasteiger partial charge in [0.05, 0.1) is 11.6 Å². The van der Waals surface area contributed by atoms with E-state index in [1.54, 1.807) is 29.2 Å². The van der Waals surface area contributed by atoms with Crippen molar-refractivity contribution in [3.8, 4) is 6.07 Å². The van der Waals surface area contributed by atoms with Gasteiger partial charge in [0.25, 0.3) is 0 Å². The highest BCUT2D eigenvalue weighted by molar-refractivity contribution is 5.89. The monoisotopic (exact) mass is 363 g/mol. The third-order valence-corrected chi connectivity index (χ3v) is 4.62. The van der Waals surface area contributed by atoms with E-state index in [2.05, 4.69) is 5.32 Å². The van der Waals surface area contributed by atoms with Crippen molar-refractivity contribution in [2.75, 3.05) is 31.5 Å². The highest BCUT2D eigenvalue weighted by Gasteiger charge is 2.30. The van der Waals surface area contributed by atoms with Crippen molar-refractivity contribution < 1.29 is 9.59 Å². The first-order valence-electron chi connectivity index (χ1n) is 8.73. The van der Waals surface area contributed by atoms with Crippen LogP contribution in [-0.4, -0.2) is 47.9 Å². The van der Waals surface area contributed by atoms with Gasteiger partial charge in [0.2, 0.25) is 5.91 Å². The van der Waals surface area contributed by atoms with Gasteiger partial charge in [-0.05, 0) is 29.8 Å². The zero-order valence-electron chi connectivity index (χ0n) is 14.8. The fraction of sp³-hybridized carbons (Fsp3) is 0.250. The zero-order valence-corrected chi connectivity index (χ0v) is 14.8. The number of carbonyl (C=O) groups excluding carboxylic acids is 2. The first kappa shape index (κ1) is 18.4. The Morgan fingerprint density at radius 1 is 1.00 bits per heavy atom. The lowest BCUT2D eigenvalue weighted by Crippen LogP contribution is -2.52. The van der Waals surface area contributed by atoms with Gasteiger partial charge in [-0.3, -0.25) is 9.69 Å². The number of nitrogens with one attached hydrogen (secondary N) is 1. The van der Waals surface area contributed by atoms with Crippen LogP contribution in [0.25, 0.3) is 0 Å². The molecule has 1 unspecified atom stereocenters. The van der Waals surface area contributed by atoms with Gasteiger partial charge in [0.1, 0.15) is 6.04 Å². The van der Waals surface area contributed by atoms with Gasteiger partial charge in [0.15, 0.2) is 0 Å². The lowest BCUT2D eigenvalue weighted by molar-refractivity contribution is -0.124. The molecule has 3 rings (SSSR count). The summed E-state index contributed by atoms with van der Waals surface area (Å²) in [5.74, 6) is -0.392. The molecule has 1 atom stereocenters. The normalized spacial score (nSPS) is 15.6. The van der Waals surface area contributed by atoms with Crippen molar-refractivity contribution in [2.24, 2.45) is 5.73 Å². The average molecular weight is 363 g/mol. The number of primary amides is 1. The van der Waals surface area contributed by atoms with Crippen LogP contribution in [0.2, 0.25) is 0 Å². The number of urea groups is 1. The third kappa shape index (κ3) is 4.43. The maximum Gasteiger partial charge on any atom is 0.321 e. The average Bonchev–Trinajstić information content (AvgIpc) is 2.70. The van der Waals surface area contributed by atoms with Crippen molar-refractivity contribution in [3.05, 3.63) is 65.7 Å². The number of amides is 3. The molecule has 0 radical (unpaired) electrons. The molecule has 1 fully saturated rings. The van der Waals surface area contributed by atoms with Crippen molar-refractivity contribution in [3.63, 3.8) is 0 Å². The molecule has 138 valence electrons. The summed E-state index contributed by atoms with van der Waals surface area (Å²) in [6, 6.07) is 17.5. The summed E-state index contributed by atoms with van der Waals surface area (Å²) in [4.78, 5) is 28.1. The molecule has 1 saturated heterocycles. The van der Waals surface area contributed by atoms with Gasteiger partial charge < -0.3 is 16.0 Å². The molecule has 3 N–H and O–H groups in total. The summed E-state index contributed by atoms with van der Waals surface area (Å²) in [5.41, 5.74) is 7.67. The summed E-state index contributed by atoms with van der Waals surface area (Å²) in [6.07, 6.45) is 0. The standard InChI is InChI=1S/C20H21N5O2/c21-14-15-6-8-17(9-7-15)23-20(27)25-12-10-24(11-13-25)18(19(22)26)16-4-2-1-3-5-16/h1-9,18H,10-13H2,(H2,22,26)(H,23,27). The number of nitrogens with two attached hydrogens (primary N) is 1. The molecule has 1 heterocycles. The van der Waals surface area contributed by atoms with E-state index in [9.17, 15) is 9.59 Å². The van der Waals surface area contributed by atoms with Crippen molar-refractivity contribution >= 4 is 17.6 Å². The van der Waals surface area contributed by atoms with E-state index < -0.39 is 11.9 Å². The van der Waals surface area contributed by atoms with Gasteiger partial charge in [-0.15, -0.1) is 0 Å². The van der Waals surface area contributed by atoms with Gasteiger partial charge in [-0.25, -0.2) is 4.79 Å². The topological polar surface area (TPSA) is 102 Å². The van der Waals surface area contributed by atoms with E-state index >= 15 is 0 Å². The number of benzene rings is 2. The van der Waals surface area contributed by atoms with Gasteiger partial charge in [-0.2, -0.15) is 5.26 Å². The van der Waals surface area contributed by atoms with Crippen LogP contribution in [0.15, 0.2) is 54.6 Å². The summed E-state index contributed by atoms with van der Waals surface area (Å²) >= 11 is 0. The Morgan fingerprint density at radius 2 is 1.63 bits per heavy atom. The molecule has 1 aliphatic heterocycles. The highest BCUT2D eigenvalue weighted by atomic mass is 16.2. The Bertz CT molecular complexity index is 837. The quantitative estimate of drug-likeness (QED) is 0.866. The summed E-state index contributed by atoms with van der Waals surface area (Å²) < 4.78 is 0. The van der Waals surface area contributed by atoms with Gasteiger partial charge in [0, 0.05) is 31.9 Å². The summed E-state index contributed by atoms with van der Waals surface area (Å²) in [6.45, 7) is 2.12. The van der Waals surface area contributed by atoms with Crippen LogP contribution in [0.1, 0.15) is 17.2 Å². The molecule has 2 aromatic rings. The number of hydrogen-bond donors (Lipinski definition) is 2. The molecular weight excluding hydrogens is 342 g/mol. The minimum absolute atomic E-state index is 0.199. The summed E-state index contributed by atoms with van der Waals surface area (Å²) in [7, 11) is 0. The third-order valence-electron chi connectivity index (χ3n) is 4.62. The SMILES string of the molecule is N#Cc1ccc(NC(=O)N2CCN(C(C(N)=O)c3ccccc3)CC2)cc1. The Morgan fingerprint density at radius 3 is 2.19 bits per heavy atom. The molecule has 2 aromatic carbocycles. The lowest BCUT2D eigenvalue weighted by atomic mass is 10.0. The molecule has 3 amide bonds. The number of piperazine rings is 1. The number of rotatable bonds is 4. The zero-order chi connectivity index (χ0) is 19.2. The van der Waals surface area contributed by atoms with Crippen molar-refractivity contribution in [2.45, 2.75) is 6.04 Å². The second-order valence-electron chi connectivity index (χ2n) is 6.36. The van der Waals surface area contributed by atoms with Gasteiger partial charge >= 0.3 is 6.03 Å². The van der Waals surface area contributed by atoms with Gasteiger partial charge in [-0.1, -0.05) is 30.3 Å². The van der Waals surface area contributed by atoms with Crippen LogP contribution in [0.5, 0.6) is 0 Å². The Labute approximate surface area is 158 Å². The van der Waals surface area contributed by atoms with Crippen LogP contribution in [0.4, 0.5) is 10.5 Å². The fourth-order valence-corrected chi connectivity index (χ4v) is 3.20. The molecule has 0 aliphatic carbocycles. The Kier molecular flexibility index (Phi) is 5.69. The van der Waals surface area contributed by atoms with Crippen LogP contribution in [0.3, 0.4) is 0 Å². The summed E-state index contributed by atoms with van der Waals surface area (Å²) in [5, 5.41) is 11.7. The van der Waals surface area contributed by atoms with Crippen molar-refractivity contribution in [1.82, 2.24) is 9.80 Å². The largest absolute Gasteiger partial charge is 0.368 e. The molecule has 0 spiro atoms. The van der Waals surface area contributed by atoms with E-state index in [4.69, 9.17) is 11.0 Å². The number of anilines is 1. The second kappa shape index (κ2) is 8.34. The van der Waals surface area contributed by atoms with E-state index in [1.165, 1.54) is 0 Å². The Balaban J connectivity index is 1.59. The highest BCUT2D eigenvalue weighted by Crippen LogP contribution is 2.22. The van der Waals surface area contributed by atoms with E-state index in [0.29, 0.717) is 37.4 Å². The first-order valence-corrected chi connectivity index (χ1v) is 8.73. The van der Waals surface area contributed by atoms with Crippen LogP contribution in [0, 0.1) is 11.3 Å². The molecule has 7 nitrogen and oxygen atoms in total. The predicted octanol–water partition coefficient (Wildman–Crippen LogP) is 1.93. The van der Waals surface area contributed by atoms with Crippen LogP contribution in [-0.2, 0) is 4.79 Å². The lowest BCUT2D eigenvalue weighted by Gasteiger charge is -2.38. The molecule has 0 saturated carbocycles. The second-order valence-corrected chi connectivity index (χ2v) is 6.36. The smallest absolute Gasteiger partial charge is 0.321 e. The maximum absolute atomic E-state index is 12.4. The number of nitriles is 1. The predicted molar refractivity (Wildman–Crippen MR) is 102 cm³/mol. The fourth-order valence-electron chi connectivity index (χ4n) is 3.20. The molecule has 27 heavy (non-hydrogen) atoms. The number of carbonyl (C=O) groups is 2. The molecular formula is C20H21N5O2. The molecule has 7 heteroatoms. The van der Waals surface area contributed by atoms with Crippen LogP contribution >= 0.6 is 0 Å². The molecule has 0 bridgehead atoms. The van der Waals surface area contributed by atoms with E-state index in [0.717, 1.165) is 5.56 Å². The molecule has 0 aromatic heterocycles.